The van der Waals surface area contributed by atoms with Gasteiger partial charge in [-0.25, -0.2) is 0 Å². The van der Waals surface area contributed by atoms with Gasteiger partial charge in [0.2, 0.25) is 0 Å². The van der Waals surface area contributed by atoms with E-state index in [1.54, 1.807) is 5.57 Å². The van der Waals surface area contributed by atoms with Gasteiger partial charge in [0.05, 0.1) is 0 Å². The van der Waals surface area contributed by atoms with E-state index in [9.17, 15) is 0 Å². The lowest BCUT2D eigenvalue weighted by molar-refractivity contribution is 0.0405. The van der Waals surface area contributed by atoms with E-state index in [0.717, 1.165) is 30.1 Å². The molecule has 0 heterocycles. The minimum absolute atomic E-state index is 0.285. The van der Waals surface area contributed by atoms with Crippen LogP contribution < -0.4 is 0 Å². The summed E-state index contributed by atoms with van der Waals surface area (Å²) in [7, 11) is -1.72. The summed E-state index contributed by atoms with van der Waals surface area (Å²) in [4.78, 5) is 0. The number of allylic oxidation sites excluding steroid dienone is 5. The van der Waals surface area contributed by atoms with Crippen molar-refractivity contribution in [3.8, 4) is 0 Å². The number of hydrogen-bond donors (Lipinski definition) is 0. The van der Waals surface area contributed by atoms with Crippen LogP contribution in [0, 0.1) is 46.3 Å². The van der Waals surface area contributed by atoms with Crippen molar-refractivity contribution in [3.05, 3.63) is 35.5 Å². The molecule has 8 unspecified atom stereocenters. The zero-order valence-corrected chi connectivity index (χ0v) is 26.7. The molecule has 2 heteroatoms. The lowest BCUT2D eigenvalue weighted by Crippen LogP contribution is -2.49. The maximum absolute atomic E-state index is 6.92. The van der Waals surface area contributed by atoms with E-state index in [0.29, 0.717) is 28.8 Å². The van der Waals surface area contributed by atoms with Crippen LogP contribution >= 0.6 is 0 Å². The van der Waals surface area contributed by atoms with E-state index in [4.69, 9.17) is 4.43 Å². The number of hydrogen-bond acceptors (Lipinski definition) is 1. The third-order valence-corrected chi connectivity index (χ3v) is 16.8. The van der Waals surface area contributed by atoms with Gasteiger partial charge >= 0.3 is 0 Å². The Morgan fingerprint density at radius 3 is 2.25 bits per heavy atom. The highest BCUT2D eigenvalue weighted by atomic mass is 28.4. The van der Waals surface area contributed by atoms with E-state index in [-0.39, 0.29) is 5.04 Å². The minimum atomic E-state index is -1.72. The van der Waals surface area contributed by atoms with Crippen LogP contribution in [0.1, 0.15) is 107 Å². The first-order chi connectivity index (χ1) is 16.6. The van der Waals surface area contributed by atoms with Gasteiger partial charge in [0, 0.05) is 6.10 Å². The van der Waals surface area contributed by atoms with Crippen LogP contribution in [-0.2, 0) is 4.43 Å². The van der Waals surface area contributed by atoms with Gasteiger partial charge in [-0.1, -0.05) is 97.8 Å². The molecule has 204 valence electrons. The molecule has 0 radical (unpaired) electrons. The Kier molecular flexibility index (Phi) is 7.78. The van der Waals surface area contributed by atoms with Crippen LogP contribution in [0.25, 0.3) is 0 Å². The third-order valence-electron chi connectivity index (χ3n) is 12.3. The standard InChI is InChI=1S/C34H58OSi/c1-23(2)24(3)12-13-25(4)29-16-17-30-28-15-14-26-22-27(35-36(10,11)32(5,6)7)18-20-33(26,8)31(28)19-21-34(29,30)9/h12-15,23-25,27,29-31H,16-22H2,1-11H3. The topological polar surface area (TPSA) is 9.23 Å². The molecule has 36 heavy (non-hydrogen) atoms. The van der Waals surface area contributed by atoms with E-state index in [1.807, 2.05) is 5.57 Å². The van der Waals surface area contributed by atoms with Crippen molar-refractivity contribution in [1.29, 1.82) is 0 Å². The molecule has 1 nitrogen and oxygen atoms in total. The van der Waals surface area contributed by atoms with Gasteiger partial charge < -0.3 is 4.43 Å². The van der Waals surface area contributed by atoms with Crippen molar-refractivity contribution in [2.45, 2.75) is 131 Å². The molecule has 4 aliphatic carbocycles. The smallest absolute Gasteiger partial charge is 0.192 e. The average molecular weight is 511 g/mol. The Balaban J connectivity index is 1.52. The Bertz CT molecular complexity index is 901. The predicted octanol–water partition coefficient (Wildman–Crippen LogP) is 10.4. The van der Waals surface area contributed by atoms with Gasteiger partial charge in [0.25, 0.3) is 0 Å². The van der Waals surface area contributed by atoms with Gasteiger partial charge in [0.15, 0.2) is 8.32 Å². The first-order valence-corrected chi connectivity index (χ1v) is 18.3. The first-order valence-electron chi connectivity index (χ1n) is 15.4. The van der Waals surface area contributed by atoms with Gasteiger partial charge in [-0.15, -0.1) is 0 Å². The summed E-state index contributed by atoms with van der Waals surface area (Å²) < 4.78 is 6.92. The zero-order valence-electron chi connectivity index (χ0n) is 25.7. The second-order valence-corrected chi connectivity index (χ2v) is 20.5. The molecule has 3 saturated carbocycles. The van der Waals surface area contributed by atoms with Crippen molar-refractivity contribution in [3.63, 3.8) is 0 Å². The van der Waals surface area contributed by atoms with Crippen LogP contribution in [0.3, 0.4) is 0 Å². The lowest BCUT2D eigenvalue weighted by Gasteiger charge is -2.55. The van der Waals surface area contributed by atoms with Crippen LogP contribution in [0.2, 0.25) is 18.1 Å². The monoisotopic (exact) mass is 510 g/mol. The molecular formula is C34H58OSi. The molecular weight excluding hydrogens is 452 g/mol. The van der Waals surface area contributed by atoms with E-state index in [1.165, 1.54) is 38.5 Å². The molecule has 0 aromatic rings. The maximum atomic E-state index is 6.92. The highest BCUT2D eigenvalue weighted by Gasteiger charge is 2.57. The molecule has 0 aromatic heterocycles. The van der Waals surface area contributed by atoms with Crippen molar-refractivity contribution in [2.24, 2.45) is 46.3 Å². The fourth-order valence-corrected chi connectivity index (χ4v) is 9.66. The summed E-state index contributed by atoms with van der Waals surface area (Å²) in [5.41, 5.74) is 4.35. The zero-order chi connectivity index (χ0) is 26.7. The minimum Gasteiger partial charge on any atom is -0.414 e. The summed E-state index contributed by atoms with van der Waals surface area (Å²) in [5, 5.41) is 0.285. The molecule has 0 aromatic carbocycles. The summed E-state index contributed by atoms with van der Waals surface area (Å²) in [6.07, 6.45) is 20.0. The molecule has 4 aliphatic rings. The normalized spacial score (nSPS) is 38.8. The van der Waals surface area contributed by atoms with Crippen molar-refractivity contribution in [1.82, 2.24) is 0 Å². The highest BCUT2D eigenvalue weighted by Crippen LogP contribution is 2.66. The fourth-order valence-electron chi connectivity index (χ4n) is 8.27. The fraction of sp³-hybridized carbons (Fsp3) is 0.824. The number of fused-ring (bicyclic) bond motifs is 5. The van der Waals surface area contributed by atoms with Crippen molar-refractivity contribution in [2.75, 3.05) is 0 Å². The van der Waals surface area contributed by atoms with Crippen molar-refractivity contribution >= 4 is 8.32 Å². The van der Waals surface area contributed by atoms with E-state index >= 15 is 0 Å². The first kappa shape index (κ1) is 28.4. The van der Waals surface area contributed by atoms with Crippen molar-refractivity contribution < 1.29 is 4.43 Å². The number of rotatable bonds is 6. The van der Waals surface area contributed by atoms with Crippen LogP contribution in [0.15, 0.2) is 35.5 Å². The van der Waals surface area contributed by atoms with Crippen LogP contribution in [0.5, 0.6) is 0 Å². The Morgan fingerprint density at radius 2 is 1.61 bits per heavy atom. The Morgan fingerprint density at radius 1 is 0.917 bits per heavy atom. The molecule has 0 amide bonds. The molecule has 3 fully saturated rings. The largest absolute Gasteiger partial charge is 0.414 e. The Hall–Kier alpha value is -0.603. The van der Waals surface area contributed by atoms with Gasteiger partial charge in [-0.05, 0) is 109 Å². The molecule has 0 saturated heterocycles. The molecule has 0 bridgehead atoms. The summed E-state index contributed by atoms with van der Waals surface area (Å²) >= 11 is 0. The maximum Gasteiger partial charge on any atom is 0.192 e. The SMILES string of the molecule is CC(C)C(C)C=CC(C)C1CCC2C3=CC=C4CC(O[Si](C)(C)C(C)(C)C)CCC4(C)C3CCC21C. The summed E-state index contributed by atoms with van der Waals surface area (Å²) in [6, 6.07) is 0. The molecule has 8 atom stereocenters. The second kappa shape index (κ2) is 9.85. The van der Waals surface area contributed by atoms with Gasteiger partial charge in [0.1, 0.15) is 0 Å². The Labute approximate surface area is 225 Å². The van der Waals surface area contributed by atoms with Crippen LogP contribution in [-0.4, -0.2) is 14.4 Å². The second-order valence-electron chi connectivity index (χ2n) is 15.7. The van der Waals surface area contributed by atoms with Gasteiger partial charge in [-0.2, -0.15) is 0 Å². The predicted molar refractivity (Wildman–Crippen MR) is 160 cm³/mol. The highest BCUT2D eigenvalue weighted by molar-refractivity contribution is 6.74. The molecule has 0 N–H and O–H groups in total. The quantitative estimate of drug-likeness (QED) is 0.255. The third kappa shape index (κ3) is 4.92. The summed E-state index contributed by atoms with van der Waals surface area (Å²) in [6.45, 7) is 26.8. The van der Waals surface area contributed by atoms with E-state index in [2.05, 4.69) is 99.7 Å². The van der Waals surface area contributed by atoms with Crippen LogP contribution in [0.4, 0.5) is 0 Å². The van der Waals surface area contributed by atoms with Gasteiger partial charge in [-0.3, -0.25) is 0 Å². The van der Waals surface area contributed by atoms with E-state index < -0.39 is 8.32 Å². The molecule has 0 aliphatic heterocycles. The summed E-state index contributed by atoms with van der Waals surface area (Å²) in [5.74, 6) is 4.46. The average Bonchev–Trinajstić information content (AvgIpc) is 3.13. The molecule has 0 spiro atoms. The molecule has 4 rings (SSSR count). The lowest BCUT2D eigenvalue weighted by atomic mass is 9.50.